The highest BCUT2D eigenvalue weighted by Crippen LogP contribution is 2.07. The minimum Gasteiger partial charge on any atom is -0.339 e. The molecule has 102 valence electrons. The summed E-state index contributed by atoms with van der Waals surface area (Å²) in [7, 11) is -3.06. The van der Waals surface area contributed by atoms with Crippen LogP contribution in [0.15, 0.2) is 0 Å². The molecule has 2 unspecified atom stereocenters. The third kappa shape index (κ3) is 7.33. The van der Waals surface area contributed by atoms with Gasteiger partial charge in [0.1, 0.15) is 9.84 Å². The van der Waals surface area contributed by atoms with Crippen molar-refractivity contribution in [1.82, 2.24) is 4.90 Å². The molecular formula is C11H24N2O3S. The van der Waals surface area contributed by atoms with E-state index in [1.54, 1.807) is 11.8 Å². The molecule has 0 heterocycles. The smallest absolute Gasteiger partial charge is 0.222 e. The maximum Gasteiger partial charge on any atom is 0.222 e. The summed E-state index contributed by atoms with van der Waals surface area (Å²) in [5, 5.41) is 0. The maximum absolute atomic E-state index is 11.9. The summed E-state index contributed by atoms with van der Waals surface area (Å²) in [6.45, 7) is 5.98. The first kappa shape index (κ1) is 16.4. The monoisotopic (exact) mass is 264 g/mol. The molecule has 5 nitrogen and oxygen atoms in total. The van der Waals surface area contributed by atoms with Crippen LogP contribution in [0.3, 0.4) is 0 Å². The third-order valence-electron chi connectivity index (χ3n) is 2.55. The van der Waals surface area contributed by atoms with Crippen LogP contribution < -0.4 is 5.73 Å². The molecule has 0 aromatic rings. The van der Waals surface area contributed by atoms with E-state index < -0.39 is 9.84 Å². The predicted molar refractivity (Wildman–Crippen MR) is 69.4 cm³/mol. The number of sulfone groups is 1. The van der Waals surface area contributed by atoms with Crippen molar-refractivity contribution >= 4 is 15.7 Å². The predicted octanol–water partition coefficient (Wildman–Crippen LogP) is 0.395. The van der Waals surface area contributed by atoms with Gasteiger partial charge in [-0.2, -0.15) is 0 Å². The minimum absolute atomic E-state index is 0.00472. The summed E-state index contributed by atoms with van der Waals surface area (Å²) in [4.78, 5) is 13.5. The van der Waals surface area contributed by atoms with Gasteiger partial charge in [0.05, 0.1) is 5.75 Å². The summed E-state index contributed by atoms with van der Waals surface area (Å²) in [5.41, 5.74) is 5.59. The zero-order valence-corrected chi connectivity index (χ0v) is 12.0. The highest BCUT2D eigenvalue weighted by molar-refractivity contribution is 7.90. The molecule has 0 rings (SSSR count). The summed E-state index contributed by atoms with van der Waals surface area (Å²) < 4.78 is 22.4. The third-order valence-corrected chi connectivity index (χ3v) is 3.64. The van der Waals surface area contributed by atoms with Gasteiger partial charge in [0.15, 0.2) is 0 Å². The first-order chi connectivity index (χ1) is 7.67. The van der Waals surface area contributed by atoms with Crippen molar-refractivity contribution < 1.29 is 13.2 Å². The Labute approximate surface area is 104 Å². The quantitative estimate of drug-likeness (QED) is 0.721. The van der Waals surface area contributed by atoms with Crippen LogP contribution in [0.1, 0.15) is 33.6 Å². The zero-order chi connectivity index (χ0) is 13.6. The fourth-order valence-electron chi connectivity index (χ4n) is 1.76. The van der Waals surface area contributed by atoms with E-state index in [-0.39, 0.29) is 23.7 Å². The van der Waals surface area contributed by atoms with Crippen molar-refractivity contribution in [2.45, 2.75) is 45.7 Å². The normalized spacial score (nSPS) is 15.4. The van der Waals surface area contributed by atoms with Crippen molar-refractivity contribution in [2.75, 3.05) is 18.6 Å². The standard InChI is InChI=1S/C11H24N2O3S/c1-5-13(10(3)8-17(4,15)16)11(14)7-6-9(2)12/h9-10H,5-8,12H2,1-4H3. The van der Waals surface area contributed by atoms with E-state index in [0.29, 0.717) is 19.4 Å². The molecule has 0 aliphatic rings. The molecule has 17 heavy (non-hydrogen) atoms. The Morgan fingerprint density at radius 2 is 1.88 bits per heavy atom. The lowest BCUT2D eigenvalue weighted by Gasteiger charge is -2.27. The molecule has 0 aliphatic carbocycles. The Morgan fingerprint density at radius 1 is 1.35 bits per heavy atom. The van der Waals surface area contributed by atoms with Crippen LogP contribution in [0, 0.1) is 0 Å². The Morgan fingerprint density at radius 3 is 2.24 bits per heavy atom. The number of amides is 1. The summed E-state index contributed by atoms with van der Waals surface area (Å²) in [6.07, 6.45) is 2.18. The second-order valence-corrected chi connectivity index (χ2v) is 6.82. The fourth-order valence-corrected chi connectivity index (χ4v) is 2.81. The number of carbonyl (C=O) groups excluding carboxylic acids is 1. The van der Waals surface area contributed by atoms with E-state index in [4.69, 9.17) is 5.73 Å². The molecule has 0 saturated heterocycles. The van der Waals surface area contributed by atoms with Crippen LogP contribution in [-0.2, 0) is 14.6 Å². The van der Waals surface area contributed by atoms with E-state index in [1.165, 1.54) is 6.26 Å². The average molecular weight is 264 g/mol. The summed E-state index contributed by atoms with van der Waals surface area (Å²) >= 11 is 0. The van der Waals surface area contributed by atoms with Crippen LogP contribution in [-0.4, -0.2) is 49.9 Å². The van der Waals surface area contributed by atoms with Crippen molar-refractivity contribution in [1.29, 1.82) is 0 Å². The topological polar surface area (TPSA) is 80.5 Å². The Bertz CT molecular complexity index is 339. The van der Waals surface area contributed by atoms with Gasteiger partial charge in [0.2, 0.25) is 5.91 Å². The van der Waals surface area contributed by atoms with Gasteiger partial charge >= 0.3 is 0 Å². The minimum atomic E-state index is -3.06. The molecule has 1 amide bonds. The zero-order valence-electron chi connectivity index (χ0n) is 11.1. The van der Waals surface area contributed by atoms with Gasteiger partial charge in [-0.1, -0.05) is 0 Å². The van der Waals surface area contributed by atoms with Crippen LogP contribution in [0.5, 0.6) is 0 Å². The highest BCUT2D eigenvalue weighted by Gasteiger charge is 2.21. The molecule has 0 bridgehead atoms. The van der Waals surface area contributed by atoms with Crippen molar-refractivity contribution in [3.8, 4) is 0 Å². The second-order valence-electron chi connectivity index (χ2n) is 4.64. The van der Waals surface area contributed by atoms with Gasteiger partial charge in [-0.3, -0.25) is 4.79 Å². The fraction of sp³-hybridized carbons (Fsp3) is 0.909. The van der Waals surface area contributed by atoms with Crippen molar-refractivity contribution in [3.05, 3.63) is 0 Å². The molecule has 0 radical (unpaired) electrons. The second kappa shape index (κ2) is 6.96. The van der Waals surface area contributed by atoms with Crippen LogP contribution in [0.2, 0.25) is 0 Å². The van der Waals surface area contributed by atoms with Gasteiger partial charge in [0.25, 0.3) is 0 Å². The molecule has 2 atom stereocenters. The van der Waals surface area contributed by atoms with E-state index in [9.17, 15) is 13.2 Å². The maximum atomic E-state index is 11.9. The largest absolute Gasteiger partial charge is 0.339 e. The SMILES string of the molecule is CCN(C(=O)CCC(C)N)C(C)CS(C)(=O)=O. The van der Waals surface area contributed by atoms with Crippen LogP contribution >= 0.6 is 0 Å². The first-order valence-corrected chi connectivity index (χ1v) is 7.96. The number of nitrogens with zero attached hydrogens (tertiary/aromatic N) is 1. The lowest BCUT2D eigenvalue weighted by molar-refractivity contribution is -0.132. The van der Waals surface area contributed by atoms with Crippen LogP contribution in [0.4, 0.5) is 0 Å². The van der Waals surface area contributed by atoms with Gasteiger partial charge in [-0.05, 0) is 27.2 Å². The molecule has 0 aromatic carbocycles. The molecular weight excluding hydrogens is 240 g/mol. The van der Waals surface area contributed by atoms with E-state index in [2.05, 4.69) is 0 Å². The number of hydrogen-bond donors (Lipinski definition) is 1. The number of rotatable bonds is 7. The molecule has 2 N–H and O–H groups in total. The van der Waals surface area contributed by atoms with Crippen LogP contribution in [0.25, 0.3) is 0 Å². The summed E-state index contributed by atoms with van der Waals surface area (Å²) in [5.74, 6) is -0.0222. The highest BCUT2D eigenvalue weighted by atomic mass is 32.2. The van der Waals surface area contributed by atoms with Gasteiger partial charge in [-0.15, -0.1) is 0 Å². The Kier molecular flexibility index (Phi) is 6.70. The first-order valence-electron chi connectivity index (χ1n) is 5.90. The van der Waals surface area contributed by atoms with Gasteiger partial charge < -0.3 is 10.6 Å². The van der Waals surface area contributed by atoms with E-state index >= 15 is 0 Å². The molecule has 0 aromatic heterocycles. The van der Waals surface area contributed by atoms with Gasteiger partial charge in [-0.25, -0.2) is 8.42 Å². The van der Waals surface area contributed by atoms with E-state index in [1.807, 2.05) is 13.8 Å². The molecule has 0 aliphatic heterocycles. The average Bonchev–Trinajstić information content (AvgIpc) is 2.12. The van der Waals surface area contributed by atoms with Gasteiger partial charge in [0, 0.05) is 31.3 Å². The molecule has 0 fully saturated rings. The lowest BCUT2D eigenvalue weighted by atomic mass is 10.1. The lowest BCUT2D eigenvalue weighted by Crippen LogP contribution is -2.42. The summed E-state index contributed by atoms with van der Waals surface area (Å²) in [6, 6.07) is -0.293. The van der Waals surface area contributed by atoms with E-state index in [0.717, 1.165) is 0 Å². The Balaban J connectivity index is 4.45. The number of carbonyl (C=O) groups is 1. The number of nitrogens with two attached hydrogens (primary N) is 1. The Hall–Kier alpha value is -0.620. The number of hydrogen-bond acceptors (Lipinski definition) is 4. The molecule has 6 heteroatoms. The van der Waals surface area contributed by atoms with Crippen molar-refractivity contribution in [3.63, 3.8) is 0 Å². The molecule has 0 spiro atoms. The molecule has 0 saturated carbocycles. The van der Waals surface area contributed by atoms with Crippen molar-refractivity contribution in [2.24, 2.45) is 5.73 Å².